The first-order valence-corrected chi connectivity index (χ1v) is 6.43. The summed E-state index contributed by atoms with van der Waals surface area (Å²) in [5, 5.41) is 8.83. The molecule has 0 aliphatic heterocycles. The van der Waals surface area contributed by atoms with Gasteiger partial charge in [-0.25, -0.2) is 0 Å². The van der Waals surface area contributed by atoms with E-state index < -0.39 is 29.1 Å². The van der Waals surface area contributed by atoms with Gasteiger partial charge >= 0.3 is 5.97 Å². The fourth-order valence-corrected chi connectivity index (χ4v) is 1.73. The first-order chi connectivity index (χ1) is 9.65. The van der Waals surface area contributed by atoms with Gasteiger partial charge in [0.1, 0.15) is 5.60 Å². The lowest BCUT2D eigenvalue weighted by molar-refractivity contribution is -0.159. The Morgan fingerprint density at radius 3 is 2.33 bits per heavy atom. The van der Waals surface area contributed by atoms with E-state index in [2.05, 4.69) is 0 Å². The second kappa shape index (κ2) is 6.31. The van der Waals surface area contributed by atoms with Crippen molar-refractivity contribution < 1.29 is 19.1 Å². The molecule has 5 heteroatoms. The lowest BCUT2D eigenvalue weighted by Gasteiger charge is -2.22. The molecule has 0 aromatic heterocycles. The zero-order chi connectivity index (χ0) is 16.2. The van der Waals surface area contributed by atoms with E-state index in [1.807, 2.05) is 6.07 Å². The molecule has 0 saturated carbocycles. The number of rotatable bonds is 4. The number of hydrogen-bond acceptors (Lipinski definition) is 5. The standard InChI is InChI=1S/C16H17NO4/c1-10(18)13(15(20)21-16(2,3)4)14(19)12-7-5-6-11(8-12)9-17/h5-8,13H,1-4H3. The molecule has 0 aliphatic carbocycles. The number of nitriles is 1. The predicted octanol–water partition coefficient (Wildman–Crippen LogP) is 2.29. The van der Waals surface area contributed by atoms with Gasteiger partial charge < -0.3 is 4.74 Å². The fraction of sp³-hybridized carbons (Fsp3) is 0.375. The maximum atomic E-state index is 12.4. The number of carbonyl (C=O) groups excluding carboxylic acids is 3. The van der Waals surface area contributed by atoms with E-state index in [9.17, 15) is 14.4 Å². The van der Waals surface area contributed by atoms with Gasteiger partial charge in [-0.1, -0.05) is 12.1 Å². The van der Waals surface area contributed by atoms with Crippen molar-refractivity contribution in [3.8, 4) is 6.07 Å². The Hall–Kier alpha value is -2.48. The molecule has 1 aromatic carbocycles. The van der Waals surface area contributed by atoms with Gasteiger partial charge in [-0.3, -0.25) is 14.4 Å². The molecular weight excluding hydrogens is 270 g/mol. The topological polar surface area (TPSA) is 84.2 Å². The van der Waals surface area contributed by atoms with Crippen LogP contribution in [0.3, 0.4) is 0 Å². The number of Topliss-reactive ketones (excluding diaryl/α,β-unsaturated/α-hetero) is 2. The van der Waals surface area contributed by atoms with Crippen molar-refractivity contribution in [2.45, 2.75) is 33.3 Å². The highest BCUT2D eigenvalue weighted by Crippen LogP contribution is 2.17. The number of nitrogens with zero attached hydrogens (tertiary/aromatic N) is 1. The predicted molar refractivity (Wildman–Crippen MR) is 75.5 cm³/mol. The van der Waals surface area contributed by atoms with Crippen molar-refractivity contribution >= 4 is 17.5 Å². The fourth-order valence-electron chi connectivity index (χ4n) is 1.73. The molecular formula is C16H17NO4. The van der Waals surface area contributed by atoms with Crippen molar-refractivity contribution in [2.75, 3.05) is 0 Å². The van der Waals surface area contributed by atoms with Crippen LogP contribution in [0.25, 0.3) is 0 Å². The Bertz CT molecular complexity index is 620. The van der Waals surface area contributed by atoms with Crippen LogP contribution in [0.2, 0.25) is 0 Å². The molecule has 110 valence electrons. The van der Waals surface area contributed by atoms with Gasteiger partial charge in [0.05, 0.1) is 11.6 Å². The number of esters is 1. The van der Waals surface area contributed by atoms with Crippen molar-refractivity contribution in [3.05, 3.63) is 35.4 Å². The maximum Gasteiger partial charge on any atom is 0.325 e. The number of ketones is 2. The van der Waals surface area contributed by atoms with Gasteiger partial charge in [0.25, 0.3) is 0 Å². The summed E-state index contributed by atoms with van der Waals surface area (Å²) >= 11 is 0. The highest BCUT2D eigenvalue weighted by molar-refractivity contribution is 6.22. The van der Waals surface area contributed by atoms with Gasteiger partial charge in [-0.2, -0.15) is 5.26 Å². The van der Waals surface area contributed by atoms with E-state index in [0.29, 0.717) is 0 Å². The first kappa shape index (κ1) is 16.6. The SMILES string of the molecule is CC(=O)C(C(=O)OC(C)(C)C)C(=O)c1cccc(C#N)c1. The van der Waals surface area contributed by atoms with Gasteiger partial charge in [-0.05, 0) is 39.8 Å². The van der Waals surface area contributed by atoms with Gasteiger partial charge in [0.2, 0.25) is 0 Å². The molecule has 1 rings (SSSR count). The largest absolute Gasteiger partial charge is 0.459 e. The average Bonchev–Trinajstić information content (AvgIpc) is 2.36. The van der Waals surface area contributed by atoms with Crippen LogP contribution >= 0.6 is 0 Å². The maximum absolute atomic E-state index is 12.4. The van der Waals surface area contributed by atoms with E-state index in [-0.39, 0.29) is 11.1 Å². The van der Waals surface area contributed by atoms with E-state index in [0.717, 1.165) is 0 Å². The molecule has 1 atom stereocenters. The third-order valence-corrected chi connectivity index (χ3v) is 2.59. The summed E-state index contributed by atoms with van der Waals surface area (Å²) in [6.45, 7) is 6.13. The summed E-state index contributed by atoms with van der Waals surface area (Å²) in [7, 11) is 0. The molecule has 5 nitrogen and oxygen atoms in total. The van der Waals surface area contributed by atoms with E-state index in [1.165, 1.54) is 31.2 Å². The molecule has 0 saturated heterocycles. The van der Waals surface area contributed by atoms with Crippen LogP contribution in [0.5, 0.6) is 0 Å². The van der Waals surface area contributed by atoms with Gasteiger partial charge in [0, 0.05) is 5.56 Å². The molecule has 0 heterocycles. The van der Waals surface area contributed by atoms with Crippen LogP contribution < -0.4 is 0 Å². The Morgan fingerprint density at radius 2 is 1.86 bits per heavy atom. The van der Waals surface area contributed by atoms with Crippen LogP contribution in [0.4, 0.5) is 0 Å². The second-order valence-electron chi connectivity index (χ2n) is 5.63. The summed E-state index contributed by atoms with van der Waals surface area (Å²) < 4.78 is 5.11. The molecule has 21 heavy (non-hydrogen) atoms. The summed E-state index contributed by atoms with van der Waals surface area (Å²) in [4.78, 5) is 36.0. The van der Waals surface area contributed by atoms with Crippen molar-refractivity contribution in [1.29, 1.82) is 5.26 Å². The Labute approximate surface area is 123 Å². The minimum Gasteiger partial charge on any atom is -0.459 e. The van der Waals surface area contributed by atoms with Crippen LogP contribution in [0.15, 0.2) is 24.3 Å². The normalized spacial score (nSPS) is 12.1. The van der Waals surface area contributed by atoms with Gasteiger partial charge in [0.15, 0.2) is 17.5 Å². The summed E-state index contributed by atoms with van der Waals surface area (Å²) in [5.41, 5.74) is -0.369. The summed E-state index contributed by atoms with van der Waals surface area (Å²) in [5.74, 6) is -3.62. The molecule has 1 aromatic rings. The van der Waals surface area contributed by atoms with Crippen molar-refractivity contribution in [3.63, 3.8) is 0 Å². The molecule has 0 spiro atoms. The molecule has 0 amide bonds. The summed E-state index contributed by atoms with van der Waals surface area (Å²) in [6.07, 6.45) is 0. The molecule has 1 unspecified atom stereocenters. The van der Waals surface area contributed by atoms with E-state index in [1.54, 1.807) is 20.8 Å². The molecule has 0 N–H and O–H groups in total. The van der Waals surface area contributed by atoms with Crippen molar-refractivity contribution in [2.24, 2.45) is 5.92 Å². The Kier molecular flexibility index (Phi) is 4.98. The molecule has 0 fully saturated rings. The number of carbonyl (C=O) groups is 3. The number of benzene rings is 1. The zero-order valence-electron chi connectivity index (χ0n) is 12.5. The van der Waals surface area contributed by atoms with E-state index >= 15 is 0 Å². The monoisotopic (exact) mass is 287 g/mol. The van der Waals surface area contributed by atoms with Gasteiger partial charge in [-0.15, -0.1) is 0 Å². The Balaban J connectivity index is 3.11. The quantitative estimate of drug-likeness (QED) is 0.482. The van der Waals surface area contributed by atoms with Crippen LogP contribution in [0, 0.1) is 17.2 Å². The first-order valence-electron chi connectivity index (χ1n) is 6.43. The minimum atomic E-state index is -1.50. The highest BCUT2D eigenvalue weighted by atomic mass is 16.6. The third kappa shape index (κ3) is 4.53. The van der Waals surface area contributed by atoms with Crippen LogP contribution in [0.1, 0.15) is 43.6 Å². The molecule has 0 aliphatic rings. The second-order valence-corrected chi connectivity index (χ2v) is 5.63. The zero-order valence-corrected chi connectivity index (χ0v) is 12.5. The van der Waals surface area contributed by atoms with E-state index in [4.69, 9.17) is 10.00 Å². The lowest BCUT2D eigenvalue weighted by atomic mass is 9.93. The Morgan fingerprint density at radius 1 is 1.24 bits per heavy atom. The van der Waals surface area contributed by atoms with Crippen LogP contribution in [-0.4, -0.2) is 23.1 Å². The number of hydrogen-bond donors (Lipinski definition) is 0. The highest BCUT2D eigenvalue weighted by Gasteiger charge is 2.35. The number of ether oxygens (including phenoxy) is 1. The average molecular weight is 287 g/mol. The van der Waals surface area contributed by atoms with Crippen LogP contribution in [-0.2, 0) is 14.3 Å². The lowest BCUT2D eigenvalue weighted by Crippen LogP contribution is -2.36. The molecule has 0 radical (unpaired) electrons. The minimum absolute atomic E-state index is 0.139. The third-order valence-electron chi connectivity index (χ3n) is 2.59. The molecule has 0 bridgehead atoms. The van der Waals surface area contributed by atoms with Crippen molar-refractivity contribution in [1.82, 2.24) is 0 Å². The summed E-state index contributed by atoms with van der Waals surface area (Å²) in [6, 6.07) is 7.78. The smallest absolute Gasteiger partial charge is 0.325 e.